The molecule has 0 bridgehead atoms. The van der Waals surface area contributed by atoms with Gasteiger partial charge in [0, 0.05) is 31.1 Å². The van der Waals surface area contributed by atoms with Gasteiger partial charge in [-0.1, -0.05) is 24.3 Å². The third-order valence-electron chi connectivity index (χ3n) is 5.47. The van der Waals surface area contributed by atoms with Gasteiger partial charge in [-0.3, -0.25) is 4.79 Å². The quantitative estimate of drug-likeness (QED) is 0.373. The Balaban J connectivity index is 1.21. The summed E-state index contributed by atoms with van der Waals surface area (Å²) < 4.78 is 21.6. The number of nitrogens with zero attached hydrogens (tertiary/aromatic N) is 3. The summed E-state index contributed by atoms with van der Waals surface area (Å²) in [5.41, 5.74) is 4.02. The Hall–Kier alpha value is -4.26. The van der Waals surface area contributed by atoms with Crippen LogP contribution < -0.4 is 5.32 Å². The van der Waals surface area contributed by atoms with Crippen LogP contribution in [0.25, 0.3) is 33.7 Å². The molecule has 0 atom stereocenters. The third-order valence-corrected chi connectivity index (χ3v) is 5.47. The average molecular weight is 440 g/mol. The van der Waals surface area contributed by atoms with E-state index in [4.69, 9.17) is 9.40 Å². The first-order chi connectivity index (χ1) is 16.1. The summed E-state index contributed by atoms with van der Waals surface area (Å²) in [6.07, 6.45) is 1.99. The molecule has 33 heavy (non-hydrogen) atoms. The van der Waals surface area contributed by atoms with E-state index in [2.05, 4.69) is 14.9 Å². The zero-order valence-corrected chi connectivity index (χ0v) is 18.0. The van der Waals surface area contributed by atoms with Gasteiger partial charge in [-0.25, -0.2) is 14.4 Å². The third kappa shape index (κ3) is 4.25. The molecule has 1 N–H and O–H groups in total. The summed E-state index contributed by atoms with van der Waals surface area (Å²) in [4.78, 5) is 21.2. The van der Waals surface area contributed by atoms with Crippen molar-refractivity contribution < 1.29 is 13.6 Å². The van der Waals surface area contributed by atoms with E-state index < -0.39 is 0 Å². The van der Waals surface area contributed by atoms with Crippen LogP contribution in [-0.2, 0) is 18.3 Å². The largest absolute Gasteiger partial charge is 0.441 e. The van der Waals surface area contributed by atoms with Crippen molar-refractivity contribution in [3.63, 3.8) is 0 Å². The number of aromatic nitrogens is 3. The molecule has 164 valence electrons. The summed E-state index contributed by atoms with van der Waals surface area (Å²) in [5.74, 6) is 1.07. The number of hydrogen-bond donors (Lipinski definition) is 1. The highest BCUT2D eigenvalue weighted by Crippen LogP contribution is 2.25. The number of anilines is 1. The van der Waals surface area contributed by atoms with Crippen molar-refractivity contribution >= 4 is 22.6 Å². The number of oxazole rings is 1. The number of benzene rings is 3. The van der Waals surface area contributed by atoms with Gasteiger partial charge in [0.05, 0.1) is 22.8 Å². The molecule has 0 aliphatic carbocycles. The molecule has 7 heteroatoms. The van der Waals surface area contributed by atoms with Crippen molar-refractivity contribution in [3.05, 3.63) is 90.7 Å². The van der Waals surface area contributed by atoms with Crippen molar-refractivity contribution in [1.82, 2.24) is 14.5 Å². The van der Waals surface area contributed by atoms with Gasteiger partial charge in [0.15, 0.2) is 11.7 Å². The molecule has 5 rings (SSSR count). The average Bonchev–Trinajstić information content (AvgIpc) is 3.44. The Bertz CT molecular complexity index is 1440. The smallest absolute Gasteiger partial charge is 0.224 e. The molecule has 0 aliphatic rings. The molecule has 2 aromatic heterocycles. The van der Waals surface area contributed by atoms with E-state index in [9.17, 15) is 9.18 Å². The minimum atomic E-state index is -0.375. The van der Waals surface area contributed by atoms with E-state index in [1.165, 1.54) is 12.3 Å². The predicted molar refractivity (Wildman–Crippen MR) is 125 cm³/mol. The fourth-order valence-electron chi connectivity index (χ4n) is 3.76. The maximum absolute atomic E-state index is 13.9. The normalized spacial score (nSPS) is 11.1. The van der Waals surface area contributed by atoms with E-state index in [1.807, 2.05) is 55.6 Å². The topological polar surface area (TPSA) is 73.0 Å². The number of nitrogens with one attached hydrogen (secondary N) is 1. The number of amides is 1. The molecule has 2 heterocycles. The molecule has 0 radical (unpaired) electrons. The van der Waals surface area contributed by atoms with Crippen LogP contribution >= 0.6 is 0 Å². The van der Waals surface area contributed by atoms with E-state index in [1.54, 1.807) is 18.2 Å². The van der Waals surface area contributed by atoms with Crippen LogP contribution in [0.2, 0.25) is 0 Å². The molecule has 0 saturated heterocycles. The second-order valence-electron chi connectivity index (χ2n) is 7.71. The van der Waals surface area contributed by atoms with E-state index in [0.717, 1.165) is 22.4 Å². The van der Waals surface area contributed by atoms with Gasteiger partial charge in [-0.2, -0.15) is 0 Å². The zero-order valence-electron chi connectivity index (χ0n) is 18.0. The van der Waals surface area contributed by atoms with Crippen LogP contribution in [0.5, 0.6) is 0 Å². The molecular formula is C26H21FN4O2. The van der Waals surface area contributed by atoms with E-state index in [-0.39, 0.29) is 18.1 Å². The molecule has 6 nitrogen and oxygen atoms in total. The van der Waals surface area contributed by atoms with Crippen LogP contribution in [0, 0.1) is 5.82 Å². The van der Waals surface area contributed by atoms with Crippen molar-refractivity contribution in [2.24, 2.45) is 7.05 Å². The Morgan fingerprint density at radius 2 is 1.79 bits per heavy atom. The van der Waals surface area contributed by atoms with Crippen LogP contribution in [0.3, 0.4) is 0 Å². The summed E-state index contributed by atoms with van der Waals surface area (Å²) in [6.45, 7) is 0. The van der Waals surface area contributed by atoms with Gasteiger partial charge < -0.3 is 14.3 Å². The van der Waals surface area contributed by atoms with Crippen LogP contribution in [-0.4, -0.2) is 20.4 Å². The van der Waals surface area contributed by atoms with Crippen molar-refractivity contribution in [2.75, 3.05) is 5.32 Å². The summed E-state index contributed by atoms with van der Waals surface area (Å²) in [7, 11) is 1.99. The molecule has 3 aromatic carbocycles. The SMILES string of the molecule is Cn1c(-c2ccc(NC(=O)CCc3ncc(-c4ccccc4F)o3)cc2)nc2ccccc21. The van der Waals surface area contributed by atoms with Gasteiger partial charge in [0.25, 0.3) is 0 Å². The standard InChI is InChI=1S/C26H21FN4O2/c1-31-22-9-5-4-8-21(22)30-26(31)17-10-12-18(13-11-17)29-24(32)14-15-25-28-16-23(33-25)19-6-2-3-7-20(19)27/h2-13,16H,14-15H2,1H3,(H,29,32). The minimum absolute atomic E-state index is 0.156. The molecule has 0 unspecified atom stereocenters. The lowest BCUT2D eigenvalue weighted by Crippen LogP contribution is -2.12. The minimum Gasteiger partial charge on any atom is -0.441 e. The molecule has 0 saturated carbocycles. The zero-order chi connectivity index (χ0) is 22.8. The summed E-state index contributed by atoms with van der Waals surface area (Å²) in [5, 5.41) is 2.88. The molecule has 0 aliphatic heterocycles. The summed E-state index contributed by atoms with van der Waals surface area (Å²) in [6, 6.07) is 21.9. The van der Waals surface area contributed by atoms with Gasteiger partial charge in [0.2, 0.25) is 5.91 Å². The fraction of sp³-hybridized carbons (Fsp3) is 0.115. The number of aryl methyl sites for hydroxylation is 2. The van der Waals surface area contributed by atoms with E-state index >= 15 is 0 Å². The van der Waals surface area contributed by atoms with Crippen molar-refractivity contribution in [2.45, 2.75) is 12.8 Å². The fourth-order valence-corrected chi connectivity index (χ4v) is 3.76. The first-order valence-electron chi connectivity index (χ1n) is 10.6. The molecule has 1 amide bonds. The van der Waals surface area contributed by atoms with Crippen LogP contribution in [0.1, 0.15) is 12.3 Å². The monoisotopic (exact) mass is 440 g/mol. The lowest BCUT2D eigenvalue weighted by Gasteiger charge is -2.07. The molecule has 0 fully saturated rings. The number of hydrogen-bond acceptors (Lipinski definition) is 4. The second-order valence-corrected chi connectivity index (χ2v) is 7.71. The Morgan fingerprint density at radius 1 is 1.03 bits per heavy atom. The van der Waals surface area contributed by atoms with Crippen LogP contribution in [0.4, 0.5) is 10.1 Å². The van der Waals surface area contributed by atoms with Gasteiger partial charge in [-0.15, -0.1) is 0 Å². The number of carbonyl (C=O) groups excluding carboxylic acids is 1. The second kappa shape index (κ2) is 8.70. The highest BCUT2D eigenvalue weighted by Gasteiger charge is 2.13. The number of fused-ring (bicyclic) bond motifs is 1. The predicted octanol–water partition coefficient (Wildman–Crippen LogP) is 5.61. The van der Waals surface area contributed by atoms with Crippen molar-refractivity contribution in [3.8, 4) is 22.7 Å². The Labute approximate surface area is 189 Å². The van der Waals surface area contributed by atoms with Gasteiger partial charge in [-0.05, 0) is 48.5 Å². The number of para-hydroxylation sites is 2. The maximum atomic E-state index is 13.9. The number of imidazole rings is 1. The van der Waals surface area contributed by atoms with Crippen molar-refractivity contribution in [1.29, 1.82) is 0 Å². The molecule has 0 spiro atoms. The van der Waals surface area contributed by atoms with E-state index in [0.29, 0.717) is 29.3 Å². The first-order valence-corrected chi connectivity index (χ1v) is 10.6. The summed E-state index contributed by atoms with van der Waals surface area (Å²) >= 11 is 0. The number of halogens is 1. The lowest BCUT2D eigenvalue weighted by molar-refractivity contribution is -0.116. The highest BCUT2D eigenvalue weighted by molar-refractivity contribution is 5.91. The molecule has 5 aromatic rings. The van der Waals surface area contributed by atoms with Crippen LogP contribution in [0.15, 0.2) is 83.4 Å². The number of carbonyl (C=O) groups is 1. The van der Waals surface area contributed by atoms with Gasteiger partial charge in [0.1, 0.15) is 11.6 Å². The Morgan fingerprint density at radius 3 is 2.58 bits per heavy atom. The molecular weight excluding hydrogens is 419 g/mol. The lowest BCUT2D eigenvalue weighted by atomic mass is 10.2. The maximum Gasteiger partial charge on any atom is 0.224 e. The Kier molecular flexibility index (Phi) is 5.44. The first kappa shape index (κ1) is 20.6. The highest BCUT2D eigenvalue weighted by atomic mass is 19.1. The number of rotatable bonds is 6. The van der Waals surface area contributed by atoms with Gasteiger partial charge >= 0.3 is 0 Å².